The number of nitrogens with zero attached hydrogens (tertiary/aromatic N) is 6. The van der Waals surface area contributed by atoms with Gasteiger partial charge < -0.3 is 15.5 Å². The largest absolute Gasteiger partial charge is 0.367 e. The quantitative estimate of drug-likeness (QED) is 0.455. The summed E-state index contributed by atoms with van der Waals surface area (Å²) in [6.07, 6.45) is 6.14. The molecule has 4 aromatic heterocycles. The summed E-state index contributed by atoms with van der Waals surface area (Å²) in [5.41, 5.74) is 4.71. The number of amides is 1. The van der Waals surface area contributed by atoms with E-state index in [0.717, 1.165) is 53.3 Å². The highest BCUT2D eigenvalue weighted by Crippen LogP contribution is 2.31. The summed E-state index contributed by atoms with van der Waals surface area (Å²) in [5, 5.41) is 11.2. The van der Waals surface area contributed by atoms with Crippen molar-refractivity contribution >= 4 is 29.0 Å². The Morgan fingerprint density at radius 2 is 1.89 bits per heavy atom. The average Bonchev–Trinajstić information content (AvgIpc) is 3.52. The molecule has 0 radical (unpaired) electrons. The zero-order valence-electron chi connectivity index (χ0n) is 19.5. The number of rotatable bonds is 5. The third-order valence-electron chi connectivity index (χ3n) is 6.73. The molecule has 35 heavy (non-hydrogen) atoms. The number of halogens is 1. The maximum Gasteiger partial charge on any atom is 0.259 e. The molecule has 1 aliphatic carbocycles. The minimum Gasteiger partial charge on any atom is -0.367 e. The van der Waals surface area contributed by atoms with E-state index in [9.17, 15) is 9.18 Å². The molecule has 2 atom stereocenters. The molecule has 1 saturated carbocycles. The molecule has 10 heteroatoms. The molecule has 178 valence electrons. The van der Waals surface area contributed by atoms with E-state index in [1.807, 2.05) is 32.0 Å². The molecule has 9 nitrogen and oxygen atoms in total. The third kappa shape index (κ3) is 4.05. The van der Waals surface area contributed by atoms with E-state index >= 15 is 0 Å². The van der Waals surface area contributed by atoms with Gasteiger partial charge in [-0.25, -0.2) is 13.9 Å². The molecule has 0 spiro atoms. The Bertz CT molecular complexity index is 1430. The van der Waals surface area contributed by atoms with Crippen molar-refractivity contribution in [2.75, 3.05) is 15.5 Å². The first-order chi connectivity index (χ1) is 16.9. The van der Waals surface area contributed by atoms with Crippen LogP contribution in [0.5, 0.6) is 0 Å². The third-order valence-corrected chi connectivity index (χ3v) is 6.73. The van der Waals surface area contributed by atoms with Gasteiger partial charge in [0.15, 0.2) is 5.65 Å². The molecular formula is C25H25FN8O. The number of aryl methyl sites for hydroxylation is 2. The van der Waals surface area contributed by atoms with E-state index < -0.39 is 0 Å². The highest BCUT2D eigenvalue weighted by molar-refractivity contribution is 6.10. The highest BCUT2D eigenvalue weighted by Gasteiger charge is 2.31. The molecule has 6 rings (SSSR count). The Kier molecular flexibility index (Phi) is 5.09. The molecule has 4 aromatic rings. The Morgan fingerprint density at radius 1 is 1.06 bits per heavy atom. The molecule has 5 heterocycles. The fourth-order valence-electron chi connectivity index (χ4n) is 5.01. The maximum absolute atomic E-state index is 13.4. The van der Waals surface area contributed by atoms with Crippen molar-refractivity contribution in [1.29, 1.82) is 0 Å². The topological polar surface area (TPSA) is 100 Å². The van der Waals surface area contributed by atoms with E-state index in [4.69, 9.17) is 0 Å². The number of fused-ring (bicyclic) bond motifs is 2. The molecular weight excluding hydrogens is 447 g/mol. The van der Waals surface area contributed by atoms with E-state index in [1.165, 1.54) is 12.1 Å². The Hall–Kier alpha value is -4.08. The summed E-state index contributed by atoms with van der Waals surface area (Å²) in [4.78, 5) is 28.1. The van der Waals surface area contributed by atoms with Gasteiger partial charge in [0.25, 0.3) is 5.91 Å². The van der Waals surface area contributed by atoms with Crippen LogP contribution in [-0.2, 0) is 6.54 Å². The number of anilines is 3. The van der Waals surface area contributed by atoms with Gasteiger partial charge in [0.1, 0.15) is 11.6 Å². The minimum atomic E-state index is -0.332. The van der Waals surface area contributed by atoms with E-state index in [0.29, 0.717) is 18.1 Å². The number of aromatic nitrogens is 5. The predicted octanol–water partition coefficient (Wildman–Crippen LogP) is 3.88. The lowest BCUT2D eigenvalue weighted by Gasteiger charge is -2.17. The second kappa shape index (κ2) is 8.30. The average molecular weight is 473 g/mol. The molecule has 0 saturated heterocycles. The number of pyridine rings is 3. The van der Waals surface area contributed by atoms with Gasteiger partial charge in [-0.2, -0.15) is 4.98 Å². The Labute approximate surface area is 201 Å². The van der Waals surface area contributed by atoms with Gasteiger partial charge in [-0.15, -0.1) is 5.10 Å². The normalized spacial score (nSPS) is 19.4. The lowest BCUT2D eigenvalue weighted by atomic mass is 10.1. The first-order valence-electron chi connectivity index (χ1n) is 11.7. The van der Waals surface area contributed by atoms with Crippen LogP contribution in [0.4, 0.5) is 21.8 Å². The van der Waals surface area contributed by atoms with Crippen LogP contribution in [-0.4, -0.2) is 42.6 Å². The van der Waals surface area contributed by atoms with Crippen molar-refractivity contribution in [3.8, 4) is 0 Å². The van der Waals surface area contributed by atoms with Crippen molar-refractivity contribution in [3.63, 3.8) is 0 Å². The maximum atomic E-state index is 13.4. The monoisotopic (exact) mass is 472 g/mol. The Balaban J connectivity index is 1.08. The van der Waals surface area contributed by atoms with Crippen molar-refractivity contribution in [2.45, 2.75) is 51.7 Å². The highest BCUT2D eigenvalue weighted by atomic mass is 19.1. The van der Waals surface area contributed by atoms with Crippen LogP contribution >= 0.6 is 0 Å². The standard InChI is InChI=1S/C25H25FN8O/c1-14-9-20-21(15(2)28-14)13-33(24(20)35)19-5-6-22(27-12-19)29-17-3-4-18(11-17)30-25-31-23-10-16(26)7-8-34(23)32-25/h5-10,12,17-18H,3-4,11,13H2,1-2H3,(H,27,29)(H,30,32)/t17-,18-/m0/s1. The summed E-state index contributed by atoms with van der Waals surface area (Å²) in [6, 6.07) is 8.90. The van der Waals surface area contributed by atoms with Gasteiger partial charge in [-0.3, -0.25) is 9.78 Å². The first kappa shape index (κ1) is 21.5. The summed E-state index contributed by atoms with van der Waals surface area (Å²) >= 11 is 0. The second-order valence-electron chi connectivity index (χ2n) is 9.25. The SMILES string of the molecule is Cc1cc2c(c(C)n1)CN(c1ccc(N[C@H]3CC[C@H](Nc4nc5cc(F)ccn5n4)C3)nc1)C2=O. The minimum absolute atomic E-state index is 0.0101. The number of hydrogen-bond acceptors (Lipinski definition) is 7. The van der Waals surface area contributed by atoms with Crippen molar-refractivity contribution in [3.05, 3.63) is 71.1 Å². The smallest absolute Gasteiger partial charge is 0.259 e. The van der Waals surface area contributed by atoms with Gasteiger partial charge in [0.05, 0.1) is 18.4 Å². The lowest BCUT2D eigenvalue weighted by Crippen LogP contribution is -2.24. The number of carbonyl (C=O) groups is 1. The van der Waals surface area contributed by atoms with Gasteiger partial charge >= 0.3 is 0 Å². The van der Waals surface area contributed by atoms with E-state index in [-0.39, 0.29) is 23.8 Å². The molecule has 2 aliphatic rings. The van der Waals surface area contributed by atoms with Crippen LogP contribution in [0.3, 0.4) is 0 Å². The van der Waals surface area contributed by atoms with Gasteiger partial charge in [0, 0.05) is 46.9 Å². The number of carbonyl (C=O) groups excluding carboxylic acids is 1. The van der Waals surface area contributed by atoms with E-state index in [2.05, 4.69) is 30.7 Å². The van der Waals surface area contributed by atoms with Gasteiger partial charge in [0.2, 0.25) is 5.95 Å². The first-order valence-corrected chi connectivity index (χ1v) is 11.7. The van der Waals surface area contributed by atoms with E-state index in [1.54, 1.807) is 21.8 Å². The fraction of sp³-hybridized carbons (Fsp3) is 0.320. The zero-order valence-corrected chi connectivity index (χ0v) is 19.5. The second-order valence-corrected chi connectivity index (χ2v) is 9.25. The van der Waals surface area contributed by atoms with Gasteiger partial charge in [-0.1, -0.05) is 0 Å². The fourth-order valence-corrected chi connectivity index (χ4v) is 5.01. The molecule has 1 aliphatic heterocycles. The molecule has 2 N–H and O–H groups in total. The summed E-state index contributed by atoms with van der Waals surface area (Å²) in [5.74, 6) is 0.935. The predicted molar refractivity (Wildman–Crippen MR) is 130 cm³/mol. The molecule has 1 amide bonds. The molecule has 0 unspecified atom stereocenters. The molecule has 1 fully saturated rings. The van der Waals surface area contributed by atoms with Crippen LogP contribution in [0.15, 0.2) is 42.7 Å². The van der Waals surface area contributed by atoms with Gasteiger partial charge in [-0.05, 0) is 57.4 Å². The lowest BCUT2D eigenvalue weighted by molar-refractivity contribution is 0.0996. The van der Waals surface area contributed by atoms with Crippen LogP contribution in [0, 0.1) is 19.7 Å². The van der Waals surface area contributed by atoms with Crippen molar-refractivity contribution in [1.82, 2.24) is 24.6 Å². The summed E-state index contributed by atoms with van der Waals surface area (Å²) in [7, 11) is 0. The van der Waals surface area contributed by atoms with Crippen molar-refractivity contribution in [2.24, 2.45) is 0 Å². The Morgan fingerprint density at radius 3 is 2.69 bits per heavy atom. The zero-order chi connectivity index (χ0) is 24.1. The van der Waals surface area contributed by atoms with Crippen LogP contribution < -0.4 is 15.5 Å². The van der Waals surface area contributed by atoms with Crippen molar-refractivity contribution < 1.29 is 9.18 Å². The summed E-state index contributed by atoms with van der Waals surface area (Å²) < 4.78 is 15.0. The summed E-state index contributed by atoms with van der Waals surface area (Å²) in [6.45, 7) is 4.37. The van der Waals surface area contributed by atoms with Crippen LogP contribution in [0.2, 0.25) is 0 Å². The number of hydrogen-bond donors (Lipinski definition) is 2. The molecule has 0 aromatic carbocycles. The van der Waals surface area contributed by atoms with Crippen LogP contribution in [0.25, 0.3) is 5.65 Å². The van der Waals surface area contributed by atoms with Crippen LogP contribution in [0.1, 0.15) is 46.6 Å². The molecule has 0 bridgehead atoms. The number of nitrogens with one attached hydrogen (secondary N) is 2.